The largest absolute Gasteiger partial charge is 0.338 e. The van der Waals surface area contributed by atoms with E-state index in [1.807, 2.05) is 6.92 Å². The number of carbonyl (C=O) groups is 2. The molecule has 1 aliphatic heterocycles. The number of rotatable bonds is 2. The summed E-state index contributed by atoms with van der Waals surface area (Å²) >= 11 is 0. The second-order valence-corrected chi connectivity index (χ2v) is 3.94. The molecule has 1 aliphatic rings. The predicted octanol–water partition coefficient (Wildman–Crippen LogP) is -0.371. The molecule has 7 heteroatoms. The zero-order chi connectivity index (χ0) is 12.1. The highest BCUT2D eigenvalue weighted by Crippen LogP contribution is 2.03. The molecular weight excluding hydrogens is 244 g/mol. The third-order valence-corrected chi connectivity index (χ3v) is 2.60. The summed E-state index contributed by atoms with van der Waals surface area (Å²) in [7, 11) is 0. The fourth-order valence-electron chi connectivity index (χ4n) is 1.68. The third kappa shape index (κ3) is 4.40. The Balaban J connectivity index is 0.00000256. The molecule has 0 aliphatic carbocycles. The van der Waals surface area contributed by atoms with Gasteiger partial charge in [-0.1, -0.05) is 0 Å². The van der Waals surface area contributed by atoms with Gasteiger partial charge in [0.15, 0.2) is 0 Å². The molecule has 0 aromatic heterocycles. The van der Waals surface area contributed by atoms with Crippen LogP contribution in [0, 0.1) is 0 Å². The van der Waals surface area contributed by atoms with Gasteiger partial charge in [-0.15, -0.1) is 12.4 Å². The van der Waals surface area contributed by atoms with Gasteiger partial charge in [0.05, 0.1) is 6.04 Å². The van der Waals surface area contributed by atoms with E-state index in [1.54, 1.807) is 16.7 Å². The van der Waals surface area contributed by atoms with Gasteiger partial charge in [-0.2, -0.15) is 0 Å². The number of nitrogens with one attached hydrogen (secondary N) is 1. The molecule has 0 spiro atoms. The molecule has 0 aromatic rings. The van der Waals surface area contributed by atoms with Crippen LogP contribution >= 0.6 is 12.4 Å². The zero-order valence-electron chi connectivity index (χ0n) is 10.3. The number of amides is 3. The van der Waals surface area contributed by atoms with Crippen LogP contribution in [0.2, 0.25) is 0 Å². The number of hydrogen-bond acceptors (Lipinski definition) is 3. The normalized spacial score (nSPS) is 17.1. The van der Waals surface area contributed by atoms with E-state index in [2.05, 4.69) is 5.32 Å². The summed E-state index contributed by atoms with van der Waals surface area (Å²) in [5.74, 6) is -0.0458. The van der Waals surface area contributed by atoms with Gasteiger partial charge in [0, 0.05) is 32.7 Å². The molecule has 1 saturated heterocycles. The number of urea groups is 1. The van der Waals surface area contributed by atoms with Crippen LogP contribution in [0.15, 0.2) is 0 Å². The molecule has 1 rings (SSSR count). The van der Waals surface area contributed by atoms with Crippen molar-refractivity contribution in [3.63, 3.8) is 0 Å². The Morgan fingerprint density at radius 2 is 1.71 bits per heavy atom. The summed E-state index contributed by atoms with van der Waals surface area (Å²) < 4.78 is 0. The Bertz CT molecular complexity index is 265. The average molecular weight is 265 g/mol. The number of nitrogens with zero attached hydrogens (tertiary/aromatic N) is 2. The molecular formula is C10H21ClN4O2. The maximum Gasteiger partial charge on any atom is 0.317 e. The first kappa shape index (κ1) is 16.0. The van der Waals surface area contributed by atoms with Crippen molar-refractivity contribution in [1.82, 2.24) is 15.1 Å². The molecule has 1 fully saturated rings. The van der Waals surface area contributed by atoms with Crippen molar-refractivity contribution < 1.29 is 9.59 Å². The number of nitrogens with two attached hydrogens (primary N) is 1. The van der Waals surface area contributed by atoms with E-state index in [0.717, 1.165) is 0 Å². The molecule has 100 valence electrons. The Labute approximate surface area is 108 Å². The first-order valence-electron chi connectivity index (χ1n) is 5.63. The minimum atomic E-state index is -0.462. The van der Waals surface area contributed by atoms with Gasteiger partial charge in [0.25, 0.3) is 0 Å². The minimum Gasteiger partial charge on any atom is -0.338 e. The van der Waals surface area contributed by atoms with Crippen LogP contribution in [-0.4, -0.2) is 60.5 Å². The number of carbonyl (C=O) groups excluding carboxylic acids is 2. The van der Waals surface area contributed by atoms with Crippen molar-refractivity contribution in [2.45, 2.75) is 19.9 Å². The first-order valence-corrected chi connectivity index (χ1v) is 5.63. The topological polar surface area (TPSA) is 78.7 Å². The van der Waals surface area contributed by atoms with E-state index in [9.17, 15) is 9.59 Å². The lowest BCUT2D eigenvalue weighted by atomic mass is 10.2. The minimum absolute atomic E-state index is 0. The number of hydrogen-bond donors (Lipinski definition) is 2. The van der Waals surface area contributed by atoms with Crippen LogP contribution in [0.1, 0.15) is 13.8 Å². The Morgan fingerprint density at radius 1 is 1.24 bits per heavy atom. The lowest BCUT2D eigenvalue weighted by Crippen LogP contribution is -2.55. The van der Waals surface area contributed by atoms with Gasteiger partial charge in [-0.05, 0) is 13.8 Å². The fourth-order valence-corrected chi connectivity index (χ4v) is 1.68. The van der Waals surface area contributed by atoms with Gasteiger partial charge >= 0.3 is 6.03 Å². The highest BCUT2D eigenvalue weighted by Gasteiger charge is 2.24. The summed E-state index contributed by atoms with van der Waals surface area (Å²) in [4.78, 5) is 26.5. The summed E-state index contributed by atoms with van der Waals surface area (Å²) in [6.45, 7) is 6.47. The SMILES string of the molecule is CCNC(=O)N1CCN(C(=O)C(C)N)CC1.Cl. The molecule has 3 amide bonds. The van der Waals surface area contributed by atoms with E-state index in [-0.39, 0.29) is 24.3 Å². The summed E-state index contributed by atoms with van der Waals surface area (Å²) in [5.41, 5.74) is 5.52. The van der Waals surface area contributed by atoms with Crippen molar-refractivity contribution in [3.8, 4) is 0 Å². The maximum atomic E-state index is 11.6. The molecule has 1 unspecified atom stereocenters. The number of halogens is 1. The Hall–Kier alpha value is -1.01. The summed E-state index contributed by atoms with van der Waals surface area (Å²) in [6.07, 6.45) is 0. The van der Waals surface area contributed by atoms with Crippen molar-refractivity contribution in [3.05, 3.63) is 0 Å². The van der Waals surface area contributed by atoms with E-state index in [4.69, 9.17) is 5.73 Å². The highest BCUT2D eigenvalue weighted by molar-refractivity contribution is 5.85. The van der Waals surface area contributed by atoms with Crippen LogP contribution in [0.25, 0.3) is 0 Å². The highest BCUT2D eigenvalue weighted by atomic mass is 35.5. The molecule has 17 heavy (non-hydrogen) atoms. The second kappa shape index (κ2) is 7.34. The van der Waals surface area contributed by atoms with Crippen LogP contribution < -0.4 is 11.1 Å². The molecule has 1 atom stereocenters. The van der Waals surface area contributed by atoms with Gasteiger partial charge in [0.2, 0.25) is 5.91 Å². The van der Waals surface area contributed by atoms with Crippen molar-refractivity contribution in [1.29, 1.82) is 0 Å². The number of piperazine rings is 1. The second-order valence-electron chi connectivity index (χ2n) is 3.94. The molecule has 0 radical (unpaired) electrons. The standard InChI is InChI=1S/C10H20N4O2.ClH/c1-3-12-10(16)14-6-4-13(5-7-14)9(15)8(2)11;/h8H,3-7,11H2,1-2H3,(H,12,16);1H. The van der Waals surface area contributed by atoms with Crippen molar-refractivity contribution in [2.75, 3.05) is 32.7 Å². The van der Waals surface area contributed by atoms with E-state index in [0.29, 0.717) is 32.7 Å². The molecule has 0 bridgehead atoms. The predicted molar refractivity (Wildman–Crippen MR) is 68.1 cm³/mol. The summed E-state index contributed by atoms with van der Waals surface area (Å²) in [6, 6.07) is -0.522. The quantitative estimate of drug-likeness (QED) is 0.714. The zero-order valence-corrected chi connectivity index (χ0v) is 11.1. The van der Waals surface area contributed by atoms with Gasteiger partial charge in [0.1, 0.15) is 0 Å². The van der Waals surface area contributed by atoms with Crippen LogP contribution in [0.4, 0.5) is 4.79 Å². The smallest absolute Gasteiger partial charge is 0.317 e. The third-order valence-electron chi connectivity index (χ3n) is 2.60. The maximum absolute atomic E-state index is 11.6. The van der Waals surface area contributed by atoms with Gasteiger partial charge in [-0.25, -0.2) is 4.79 Å². The lowest BCUT2D eigenvalue weighted by molar-refractivity contribution is -0.133. The van der Waals surface area contributed by atoms with Crippen molar-refractivity contribution >= 4 is 24.3 Å². The lowest BCUT2D eigenvalue weighted by Gasteiger charge is -2.35. The van der Waals surface area contributed by atoms with E-state index < -0.39 is 6.04 Å². The molecule has 3 N–H and O–H groups in total. The van der Waals surface area contributed by atoms with E-state index in [1.165, 1.54) is 0 Å². The monoisotopic (exact) mass is 264 g/mol. The molecule has 0 aromatic carbocycles. The molecule has 6 nitrogen and oxygen atoms in total. The van der Waals surface area contributed by atoms with Crippen LogP contribution in [0.3, 0.4) is 0 Å². The first-order chi connectivity index (χ1) is 7.56. The average Bonchev–Trinajstić information content (AvgIpc) is 2.28. The van der Waals surface area contributed by atoms with Crippen LogP contribution in [0.5, 0.6) is 0 Å². The summed E-state index contributed by atoms with van der Waals surface area (Å²) in [5, 5.41) is 2.74. The Morgan fingerprint density at radius 3 is 2.12 bits per heavy atom. The molecule has 0 saturated carbocycles. The van der Waals surface area contributed by atoms with Gasteiger partial charge < -0.3 is 20.9 Å². The van der Waals surface area contributed by atoms with E-state index >= 15 is 0 Å². The Kier molecular flexibility index (Phi) is 6.91. The molecule has 1 heterocycles. The fraction of sp³-hybridized carbons (Fsp3) is 0.800. The van der Waals surface area contributed by atoms with Crippen molar-refractivity contribution in [2.24, 2.45) is 5.73 Å². The van der Waals surface area contributed by atoms with Crippen LogP contribution in [-0.2, 0) is 4.79 Å². The van der Waals surface area contributed by atoms with Gasteiger partial charge in [-0.3, -0.25) is 4.79 Å².